The molecule has 0 bridgehead atoms. The number of aliphatic carboxylic acids is 1. The first-order valence-corrected chi connectivity index (χ1v) is 20.1. The lowest BCUT2D eigenvalue weighted by Gasteiger charge is -2.43. The van der Waals surface area contributed by atoms with Gasteiger partial charge in [0.25, 0.3) is 5.91 Å². The maximum atomic E-state index is 14.4. The number of carboxylic acid groups (broad SMARTS) is 1. The highest BCUT2D eigenvalue weighted by Gasteiger charge is 2.70. The van der Waals surface area contributed by atoms with Crippen LogP contribution in [0.4, 0.5) is 9.59 Å². The van der Waals surface area contributed by atoms with Gasteiger partial charge in [-0.15, -0.1) is 0 Å². The molecule has 2 fully saturated rings. The smallest absolute Gasteiger partial charge is 0.413 e. The molecular weight excluding hydrogens is 837 g/mol. The molecule has 5 rings (SSSR count). The van der Waals surface area contributed by atoms with Gasteiger partial charge >= 0.3 is 30.1 Å². The second-order valence-electron chi connectivity index (χ2n) is 16.0. The van der Waals surface area contributed by atoms with Crippen molar-refractivity contribution in [3.63, 3.8) is 0 Å². The lowest BCUT2D eigenvalue weighted by molar-refractivity contribution is -0.171. The third-order valence-electron chi connectivity index (χ3n) is 10.3. The summed E-state index contributed by atoms with van der Waals surface area (Å²) in [6.45, 7) is 7.54. The lowest BCUT2D eigenvalue weighted by atomic mass is 9.84. The fourth-order valence-electron chi connectivity index (χ4n) is 7.63. The van der Waals surface area contributed by atoms with Crippen LogP contribution in [-0.2, 0) is 51.3 Å². The third-order valence-corrected chi connectivity index (χ3v) is 10.8. The number of hydrogen-bond donors (Lipinski definition) is 2. The Labute approximate surface area is 363 Å². The van der Waals surface area contributed by atoms with E-state index in [9.17, 15) is 33.9 Å². The number of carbonyl (C=O) groups is 6. The Balaban J connectivity index is 1.49. The highest BCUT2D eigenvalue weighted by Crippen LogP contribution is 2.48. The van der Waals surface area contributed by atoms with Gasteiger partial charge in [0.2, 0.25) is 0 Å². The molecule has 61 heavy (non-hydrogen) atoms. The molecule has 16 nitrogen and oxygen atoms in total. The Morgan fingerprint density at radius 1 is 0.869 bits per heavy atom. The second kappa shape index (κ2) is 19.0. The van der Waals surface area contributed by atoms with Crippen molar-refractivity contribution in [2.75, 3.05) is 14.2 Å². The molecule has 328 valence electrons. The molecular formula is C43H49Cl2N3O13. The minimum Gasteiger partial charge on any atom is -0.486 e. The van der Waals surface area contributed by atoms with Gasteiger partial charge in [-0.25, -0.2) is 24.0 Å². The number of amides is 3. The number of nitrogens with zero attached hydrogens (tertiary/aromatic N) is 2. The summed E-state index contributed by atoms with van der Waals surface area (Å²) >= 11 is 13.0. The van der Waals surface area contributed by atoms with E-state index < -0.39 is 77.1 Å². The normalized spacial score (nSPS) is 21.2. The molecule has 2 aliphatic rings. The summed E-state index contributed by atoms with van der Waals surface area (Å²) < 4.78 is 33.9. The van der Waals surface area contributed by atoms with Crippen LogP contribution < -0.4 is 10.1 Å². The average Bonchev–Trinajstić information content (AvgIpc) is 3.73. The average molecular weight is 887 g/mol. The zero-order valence-electron chi connectivity index (χ0n) is 34.8. The minimum atomic E-state index is -2.27. The van der Waals surface area contributed by atoms with Crippen LogP contribution in [0, 0.1) is 0 Å². The molecule has 0 aromatic heterocycles. The first-order chi connectivity index (χ1) is 28.7. The maximum absolute atomic E-state index is 14.4. The minimum absolute atomic E-state index is 0.0171. The van der Waals surface area contributed by atoms with E-state index in [4.69, 9.17) is 51.6 Å². The van der Waals surface area contributed by atoms with Crippen LogP contribution in [0.25, 0.3) is 0 Å². The number of likely N-dealkylation sites (tertiary alicyclic amines) is 1. The number of methoxy groups -OCH3 is 2. The number of esters is 2. The number of rotatable bonds is 13. The monoisotopic (exact) mass is 885 g/mol. The van der Waals surface area contributed by atoms with Crippen molar-refractivity contribution in [1.29, 1.82) is 0 Å². The molecule has 0 aliphatic carbocycles. The molecule has 0 saturated carbocycles. The van der Waals surface area contributed by atoms with Crippen molar-refractivity contribution >= 4 is 59.2 Å². The van der Waals surface area contributed by atoms with Gasteiger partial charge in [-0.1, -0.05) is 83.9 Å². The van der Waals surface area contributed by atoms with Gasteiger partial charge in [0.05, 0.1) is 24.3 Å². The van der Waals surface area contributed by atoms with E-state index in [1.54, 1.807) is 51.1 Å². The molecule has 3 aromatic rings. The van der Waals surface area contributed by atoms with Crippen LogP contribution in [0.15, 0.2) is 72.8 Å². The quantitative estimate of drug-likeness (QED) is 0.135. The molecule has 2 heterocycles. The molecule has 3 aromatic carbocycles. The van der Waals surface area contributed by atoms with Crippen molar-refractivity contribution in [3.8, 4) is 5.75 Å². The molecule has 0 radical (unpaired) electrons. The molecule has 2 aliphatic heterocycles. The van der Waals surface area contributed by atoms with E-state index in [2.05, 4.69) is 5.32 Å². The van der Waals surface area contributed by atoms with E-state index in [0.29, 0.717) is 5.56 Å². The second-order valence-corrected chi connectivity index (χ2v) is 16.8. The highest BCUT2D eigenvalue weighted by atomic mass is 35.5. The van der Waals surface area contributed by atoms with Gasteiger partial charge in [-0.3, -0.25) is 14.6 Å². The lowest BCUT2D eigenvalue weighted by Crippen LogP contribution is -2.67. The zero-order chi connectivity index (χ0) is 44.9. The van der Waals surface area contributed by atoms with E-state index in [0.717, 1.165) is 29.6 Å². The fraction of sp³-hybridized carbons (Fsp3) is 0.442. The summed E-state index contributed by atoms with van der Waals surface area (Å²) in [6, 6.07) is 16.1. The third kappa shape index (κ3) is 10.3. The summed E-state index contributed by atoms with van der Waals surface area (Å²) in [6.07, 6.45) is -4.63. The molecule has 2 unspecified atom stereocenters. The largest absolute Gasteiger partial charge is 0.486 e. The number of carboxylic acids is 1. The SMILES string of the molecule is COC(=O)C(CC1CC[C@](C(=O)OC)([C@H]2OC(C)(C)N(C(=O)OCc3ccccc3)[C@H]2C(=O)O)N1C(=O)OC(C)(C)C)NC(=O)c1cc(Cl)c(OCc2ccccc2)c(Cl)c1. The van der Waals surface area contributed by atoms with Gasteiger partial charge in [0.15, 0.2) is 17.3 Å². The van der Waals surface area contributed by atoms with Crippen molar-refractivity contribution in [2.45, 2.75) is 108 Å². The summed E-state index contributed by atoms with van der Waals surface area (Å²) in [5, 5.41) is 13.4. The Morgan fingerprint density at radius 2 is 1.44 bits per heavy atom. The molecule has 3 amide bonds. The highest BCUT2D eigenvalue weighted by molar-refractivity contribution is 6.37. The molecule has 18 heteroatoms. The summed E-state index contributed by atoms with van der Waals surface area (Å²) in [5.74, 6) is -4.23. The van der Waals surface area contributed by atoms with Gasteiger partial charge in [-0.2, -0.15) is 0 Å². The molecule has 0 spiro atoms. The van der Waals surface area contributed by atoms with Crippen LogP contribution in [0.5, 0.6) is 5.75 Å². The fourth-order valence-corrected chi connectivity index (χ4v) is 8.23. The topological polar surface area (TPSA) is 197 Å². The van der Waals surface area contributed by atoms with Crippen LogP contribution in [0.1, 0.15) is 75.4 Å². The van der Waals surface area contributed by atoms with Gasteiger partial charge < -0.3 is 38.8 Å². The van der Waals surface area contributed by atoms with E-state index >= 15 is 0 Å². The number of hydrogen-bond acceptors (Lipinski definition) is 12. The molecule has 2 saturated heterocycles. The summed E-state index contributed by atoms with van der Waals surface area (Å²) in [7, 11) is 2.16. The van der Waals surface area contributed by atoms with Crippen LogP contribution >= 0.6 is 23.2 Å². The Morgan fingerprint density at radius 3 is 1.97 bits per heavy atom. The van der Waals surface area contributed by atoms with E-state index in [1.807, 2.05) is 30.3 Å². The maximum Gasteiger partial charge on any atom is 0.413 e. The molecule has 5 atom stereocenters. The van der Waals surface area contributed by atoms with Crippen molar-refractivity contribution in [3.05, 3.63) is 99.5 Å². The van der Waals surface area contributed by atoms with Gasteiger partial charge in [0.1, 0.15) is 36.7 Å². The first-order valence-electron chi connectivity index (χ1n) is 19.3. The first kappa shape index (κ1) is 46.5. The number of nitrogens with one attached hydrogen (secondary N) is 1. The Kier molecular flexibility index (Phi) is 14.5. The van der Waals surface area contributed by atoms with Crippen LogP contribution in [-0.4, -0.2) is 106 Å². The predicted molar refractivity (Wildman–Crippen MR) is 220 cm³/mol. The number of benzene rings is 3. The predicted octanol–water partition coefficient (Wildman–Crippen LogP) is 6.77. The van der Waals surface area contributed by atoms with Crippen molar-refractivity contribution in [2.24, 2.45) is 0 Å². The molecule has 2 N–H and O–H groups in total. The summed E-state index contributed by atoms with van der Waals surface area (Å²) in [5.41, 5.74) is -3.69. The van der Waals surface area contributed by atoms with Crippen LogP contribution in [0.3, 0.4) is 0 Å². The number of ether oxygens (including phenoxy) is 6. The van der Waals surface area contributed by atoms with Gasteiger partial charge in [0, 0.05) is 11.6 Å². The Hall–Kier alpha value is -5.58. The van der Waals surface area contributed by atoms with Crippen LogP contribution in [0.2, 0.25) is 10.0 Å². The van der Waals surface area contributed by atoms with Gasteiger partial charge in [-0.05, 0) is 77.1 Å². The Bertz CT molecular complexity index is 2090. The number of halogens is 2. The van der Waals surface area contributed by atoms with Crippen molar-refractivity contribution in [1.82, 2.24) is 15.1 Å². The summed E-state index contributed by atoms with van der Waals surface area (Å²) in [4.78, 5) is 84.8. The van der Waals surface area contributed by atoms with Crippen molar-refractivity contribution < 1.29 is 62.3 Å². The van der Waals surface area contributed by atoms with E-state index in [-0.39, 0.29) is 53.8 Å². The van der Waals surface area contributed by atoms with E-state index in [1.165, 1.54) is 26.0 Å². The number of carbonyl (C=O) groups excluding carboxylic acids is 5. The zero-order valence-corrected chi connectivity index (χ0v) is 36.3. The standard InChI is InChI=1S/C43H49Cl2N3O13/c1-41(2,3)61-40(55)47-28(22-31(37(52)56-6)46-35(49)27-20-29(44)33(30(45)21-27)58-23-25-14-10-8-11-15-25)18-19-43(47,38(53)57-7)34-32(36(50)51)48(42(4,5)60-34)39(54)59-24-26-16-12-9-13-17-26/h8-17,20-21,28,31-32,34H,18-19,22-24H2,1-7H3,(H,46,49)(H,50,51)/t28?,31?,32-,34+,43-/m1/s1.